The van der Waals surface area contributed by atoms with Crippen LogP contribution in [0.3, 0.4) is 0 Å². The van der Waals surface area contributed by atoms with E-state index in [1.165, 1.54) is 0 Å². The smallest absolute Gasteiger partial charge is 0.410 e. The Bertz CT molecular complexity index is 1020. The van der Waals surface area contributed by atoms with Crippen LogP contribution in [0.1, 0.15) is 30.0 Å². The molecule has 0 saturated heterocycles. The molecule has 0 aliphatic rings. The number of nitrogens with zero attached hydrogens (tertiary/aromatic N) is 1. The maximum absolute atomic E-state index is 13.2. The quantitative estimate of drug-likeness (QED) is 0.279. The van der Waals surface area contributed by atoms with Crippen molar-refractivity contribution in [2.24, 2.45) is 0 Å². The van der Waals surface area contributed by atoms with Crippen molar-refractivity contribution in [1.82, 2.24) is 4.90 Å². The fourth-order valence-electron chi connectivity index (χ4n) is 3.70. The lowest BCUT2D eigenvalue weighted by Gasteiger charge is -2.34. The van der Waals surface area contributed by atoms with Gasteiger partial charge in [-0.05, 0) is 23.1 Å². The molecule has 1 amide bonds. The number of ether oxygens (including phenoxy) is 2. The van der Waals surface area contributed by atoms with Crippen LogP contribution in [0.25, 0.3) is 6.08 Å². The Labute approximate surface area is 203 Å². The van der Waals surface area contributed by atoms with Crippen LogP contribution in [-0.2, 0) is 22.7 Å². The van der Waals surface area contributed by atoms with Gasteiger partial charge in [0.1, 0.15) is 6.61 Å². The molecule has 0 bridgehead atoms. The number of hydrogen-bond donors (Lipinski definition) is 0. The zero-order valence-corrected chi connectivity index (χ0v) is 19.8. The molecule has 0 fully saturated rings. The minimum atomic E-state index is -0.395. The molecule has 0 aliphatic heterocycles. The third-order valence-electron chi connectivity index (χ3n) is 5.50. The molecule has 2 atom stereocenters. The van der Waals surface area contributed by atoms with E-state index in [1.54, 1.807) is 11.0 Å². The summed E-state index contributed by atoms with van der Waals surface area (Å²) in [6, 6.07) is 29.5. The van der Waals surface area contributed by atoms with Crippen molar-refractivity contribution in [3.63, 3.8) is 0 Å². The first-order valence-corrected chi connectivity index (χ1v) is 11.7. The average Bonchev–Trinajstić information content (AvgIpc) is 2.90. The van der Waals surface area contributed by atoms with Gasteiger partial charge in [-0.1, -0.05) is 116 Å². The average molecular weight is 456 g/mol. The first kappa shape index (κ1) is 25.0. The normalized spacial score (nSPS) is 12.7. The largest absolute Gasteiger partial charge is 0.445 e. The van der Waals surface area contributed by atoms with E-state index in [1.807, 2.05) is 103 Å². The lowest BCUT2D eigenvalue weighted by atomic mass is 10.0. The van der Waals surface area contributed by atoms with Gasteiger partial charge in [-0.3, -0.25) is 4.90 Å². The molecule has 0 aromatic heterocycles. The molecular weight excluding hydrogens is 422 g/mol. The summed E-state index contributed by atoms with van der Waals surface area (Å²) >= 11 is 0. The Morgan fingerprint density at radius 2 is 1.44 bits per heavy atom. The first-order valence-electron chi connectivity index (χ1n) is 11.7. The molecule has 3 rings (SSSR count). The Hall–Kier alpha value is -3.63. The lowest BCUT2D eigenvalue weighted by molar-refractivity contribution is -0.00974. The molecule has 4 heteroatoms. The Morgan fingerprint density at radius 1 is 0.882 bits per heavy atom. The summed E-state index contributed by atoms with van der Waals surface area (Å²) in [5.74, 6) is 0. The van der Waals surface area contributed by atoms with Crippen LogP contribution >= 0.6 is 0 Å². The molecule has 0 aliphatic carbocycles. The maximum Gasteiger partial charge on any atom is 0.410 e. The second kappa shape index (κ2) is 13.8. The van der Waals surface area contributed by atoms with Crippen molar-refractivity contribution >= 4 is 12.2 Å². The van der Waals surface area contributed by atoms with E-state index in [9.17, 15) is 4.79 Å². The van der Waals surface area contributed by atoms with E-state index in [-0.39, 0.29) is 18.8 Å². The summed E-state index contributed by atoms with van der Waals surface area (Å²) in [7, 11) is 0. The van der Waals surface area contributed by atoms with Crippen LogP contribution < -0.4 is 0 Å². The predicted octanol–water partition coefficient (Wildman–Crippen LogP) is 6.89. The molecule has 34 heavy (non-hydrogen) atoms. The van der Waals surface area contributed by atoms with Gasteiger partial charge in [0, 0.05) is 6.54 Å². The fraction of sp³-hybridized carbons (Fsp3) is 0.233. The molecule has 0 spiro atoms. The summed E-state index contributed by atoms with van der Waals surface area (Å²) in [5, 5.41) is 0. The first-order chi connectivity index (χ1) is 16.7. The van der Waals surface area contributed by atoms with Crippen molar-refractivity contribution < 1.29 is 14.3 Å². The number of amides is 1. The van der Waals surface area contributed by atoms with E-state index in [0.717, 1.165) is 23.1 Å². The monoisotopic (exact) mass is 455 g/mol. The lowest BCUT2D eigenvalue weighted by Crippen LogP contribution is -2.47. The molecule has 0 radical (unpaired) electrons. The topological polar surface area (TPSA) is 38.8 Å². The third kappa shape index (κ3) is 7.75. The third-order valence-corrected chi connectivity index (χ3v) is 5.50. The highest BCUT2D eigenvalue weighted by Gasteiger charge is 2.29. The van der Waals surface area contributed by atoms with Gasteiger partial charge in [-0.15, -0.1) is 6.58 Å². The molecule has 3 aromatic rings. The molecular formula is C30H33NO3. The number of rotatable bonds is 12. The second-order valence-corrected chi connectivity index (χ2v) is 7.98. The van der Waals surface area contributed by atoms with Crippen LogP contribution in [0.2, 0.25) is 0 Å². The minimum absolute atomic E-state index is 0.212. The molecule has 0 heterocycles. The predicted molar refractivity (Wildman–Crippen MR) is 138 cm³/mol. The summed E-state index contributed by atoms with van der Waals surface area (Å²) in [6.45, 7) is 6.97. The molecule has 176 valence electrons. The summed E-state index contributed by atoms with van der Waals surface area (Å²) < 4.78 is 12.0. The number of benzene rings is 3. The van der Waals surface area contributed by atoms with E-state index in [0.29, 0.717) is 13.2 Å². The van der Waals surface area contributed by atoms with Crippen LogP contribution in [0.4, 0.5) is 4.79 Å². The van der Waals surface area contributed by atoms with Crippen molar-refractivity contribution in [2.75, 3.05) is 6.54 Å². The molecule has 0 unspecified atom stereocenters. The van der Waals surface area contributed by atoms with Gasteiger partial charge in [0.2, 0.25) is 0 Å². The zero-order chi connectivity index (χ0) is 24.0. The summed E-state index contributed by atoms with van der Waals surface area (Å²) in [4.78, 5) is 14.9. The van der Waals surface area contributed by atoms with Crippen molar-refractivity contribution in [2.45, 2.75) is 38.7 Å². The second-order valence-electron chi connectivity index (χ2n) is 7.98. The van der Waals surface area contributed by atoms with Crippen LogP contribution in [-0.4, -0.2) is 29.7 Å². The van der Waals surface area contributed by atoms with Crippen LogP contribution in [0, 0.1) is 0 Å². The van der Waals surface area contributed by atoms with Gasteiger partial charge in [-0.25, -0.2) is 4.79 Å². The highest BCUT2D eigenvalue weighted by molar-refractivity contribution is 5.69. The van der Waals surface area contributed by atoms with Gasteiger partial charge in [0.05, 0.1) is 18.8 Å². The van der Waals surface area contributed by atoms with Crippen molar-refractivity contribution in [3.8, 4) is 0 Å². The van der Waals surface area contributed by atoms with Gasteiger partial charge in [-0.2, -0.15) is 0 Å². The maximum atomic E-state index is 13.2. The van der Waals surface area contributed by atoms with E-state index < -0.39 is 6.09 Å². The molecule has 4 nitrogen and oxygen atoms in total. The van der Waals surface area contributed by atoms with E-state index >= 15 is 0 Å². The zero-order valence-electron chi connectivity index (χ0n) is 19.8. The Balaban J connectivity index is 1.82. The number of carbonyl (C=O) groups is 1. The highest BCUT2D eigenvalue weighted by atomic mass is 16.6. The Kier molecular flexibility index (Phi) is 10.2. The van der Waals surface area contributed by atoms with E-state index in [4.69, 9.17) is 9.47 Å². The van der Waals surface area contributed by atoms with Crippen LogP contribution in [0.5, 0.6) is 0 Å². The van der Waals surface area contributed by atoms with Crippen molar-refractivity contribution in [3.05, 3.63) is 126 Å². The van der Waals surface area contributed by atoms with E-state index in [2.05, 4.69) is 13.5 Å². The van der Waals surface area contributed by atoms with Gasteiger partial charge < -0.3 is 9.47 Å². The van der Waals surface area contributed by atoms with Gasteiger partial charge in [0.15, 0.2) is 0 Å². The molecule has 0 saturated carbocycles. The van der Waals surface area contributed by atoms with Gasteiger partial charge >= 0.3 is 6.09 Å². The standard InChI is InChI=1S/C30H33NO3/c1-3-22-31(30(32)34-24-27-18-12-7-13-19-27)28(21-20-25-14-8-5-9-15-25)29(4-2)33-23-26-16-10-6-11-17-26/h3,5-21,28-29H,1,4,22-24H2,2H3/b21-20-/t28-,29+/m1/s1. The highest BCUT2D eigenvalue weighted by Crippen LogP contribution is 2.19. The summed E-state index contributed by atoms with van der Waals surface area (Å²) in [6.07, 6.45) is 5.90. The van der Waals surface area contributed by atoms with Gasteiger partial charge in [0.25, 0.3) is 0 Å². The molecule has 0 N–H and O–H groups in total. The number of carbonyl (C=O) groups excluding carboxylic acids is 1. The fourth-order valence-corrected chi connectivity index (χ4v) is 3.70. The Morgan fingerprint density at radius 3 is 2.00 bits per heavy atom. The van der Waals surface area contributed by atoms with Crippen molar-refractivity contribution in [1.29, 1.82) is 0 Å². The molecule has 3 aromatic carbocycles. The van der Waals surface area contributed by atoms with Crippen LogP contribution in [0.15, 0.2) is 110 Å². The number of hydrogen-bond acceptors (Lipinski definition) is 3. The minimum Gasteiger partial charge on any atom is -0.445 e. The SMILES string of the molecule is C=CCN(C(=O)OCc1ccccc1)[C@H](/C=C\c1ccccc1)[C@H](CC)OCc1ccccc1. The summed E-state index contributed by atoms with van der Waals surface area (Å²) in [5.41, 5.74) is 3.09.